The second kappa shape index (κ2) is 6.51. The van der Waals surface area contributed by atoms with Crippen molar-refractivity contribution in [1.29, 1.82) is 0 Å². The molecule has 1 saturated heterocycles. The van der Waals surface area contributed by atoms with Crippen LogP contribution in [-0.2, 0) is 17.4 Å². The number of hydrogen-bond donors (Lipinski definition) is 0. The number of carbonyl (C=O) groups excluding carboxylic acids is 1. The summed E-state index contributed by atoms with van der Waals surface area (Å²) in [5.74, 6) is -0.0815. The Bertz CT molecular complexity index is 569. The summed E-state index contributed by atoms with van der Waals surface area (Å²) in [6.07, 6.45) is -0.902. The lowest BCUT2D eigenvalue weighted by Crippen LogP contribution is -2.36. The van der Waals surface area contributed by atoms with Crippen LogP contribution < -0.4 is 0 Å². The molecule has 1 aromatic carbocycles. The van der Waals surface area contributed by atoms with Crippen molar-refractivity contribution in [3.8, 4) is 0 Å². The third kappa shape index (κ3) is 4.25. The Morgan fingerprint density at radius 1 is 1.13 bits per heavy atom. The molecule has 0 aromatic heterocycles. The molecule has 1 heterocycles. The summed E-state index contributed by atoms with van der Waals surface area (Å²) in [4.78, 5) is 16.6. The predicted molar refractivity (Wildman–Crippen MR) is 80.9 cm³/mol. The van der Waals surface area contributed by atoms with E-state index < -0.39 is 11.7 Å². The maximum Gasteiger partial charge on any atom is 0.416 e. The molecule has 0 unspecified atom stereocenters. The first-order valence-corrected chi connectivity index (χ1v) is 8.11. The summed E-state index contributed by atoms with van der Waals surface area (Å²) in [5.41, 5.74) is -0.272. The van der Waals surface area contributed by atoms with E-state index in [-0.39, 0.29) is 12.3 Å². The lowest BCUT2D eigenvalue weighted by molar-refractivity contribution is -0.138. The van der Waals surface area contributed by atoms with Crippen LogP contribution in [0.25, 0.3) is 0 Å². The molecule has 2 aliphatic rings. The third-order valence-electron chi connectivity index (χ3n) is 4.56. The lowest BCUT2D eigenvalue weighted by atomic mass is 10.1. The molecule has 0 atom stereocenters. The molecule has 1 saturated carbocycles. The van der Waals surface area contributed by atoms with Crippen molar-refractivity contribution < 1.29 is 18.0 Å². The smallest absolute Gasteiger partial charge is 0.341 e. The SMILES string of the molecule is O=C(Cc1cccc(C(F)(F)F)c1)N1CCCN(C2CC2)CC1. The minimum absolute atomic E-state index is 0.0351. The molecule has 6 heteroatoms. The quantitative estimate of drug-likeness (QED) is 0.853. The van der Waals surface area contributed by atoms with E-state index in [0.29, 0.717) is 24.7 Å². The fourth-order valence-corrected chi connectivity index (χ4v) is 3.14. The zero-order chi connectivity index (χ0) is 16.4. The molecule has 0 N–H and O–H groups in total. The zero-order valence-corrected chi connectivity index (χ0v) is 13.0. The average Bonchev–Trinajstić information content (AvgIpc) is 3.32. The molecule has 1 aromatic rings. The van der Waals surface area contributed by atoms with Crippen LogP contribution in [0, 0.1) is 0 Å². The van der Waals surface area contributed by atoms with Gasteiger partial charge in [0.1, 0.15) is 0 Å². The molecule has 23 heavy (non-hydrogen) atoms. The number of halogens is 3. The Kier molecular flexibility index (Phi) is 4.62. The zero-order valence-electron chi connectivity index (χ0n) is 13.0. The van der Waals surface area contributed by atoms with E-state index in [1.807, 2.05) is 0 Å². The van der Waals surface area contributed by atoms with Gasteiger partial charge in [-0.2, -0.15) is 13.2 Å². The molecule has 1 amide bonds. The van der Waals surface area contributed by atoms with E-state index in [4.69, 9.17) is 0 Å². The molecule has 3 nitrogen and oxygen atoms in total. The minimum Gasteiger partial charge on any atom is -0.341 e. The summed E-state index contributed by atoms with van der Waals surface area (Å²) in [5, 5.41) is 0. The Labute approximate surface area is 134 Å². The topological polar surface area (TPSA) is 23.6 Å². The number of alkyl halides is 3. The van der Waals surface area contributed by atoms with Crippen LogP contribution in [0.15, 0.2) is 24.3 Å². The Morgan fingerprint density at radius 3 is 2.61 bits per heavy atom. The van der Waals surface area contributed by atoms with Crippen molar-refractivity contribution in [2.24, 2.45) is 0 Å². The van der Waals surface area contributed by atoms with Crippen molar-refractivity contribution in [1.82, 2.24) is 9.80 Å². The van der Waals surface area contributed by atoms with Gasteiger partial charge in [-0.3, -0.25) is 9.69 Å². The van der Waals surface area contributed by atoms with E-state index in [2.05, 4.69) is 4.90 Å². The van der Waals surface area contributed by atoms with E-state index in [9.17, 15) is 18.0 Å². The van der Waals surface area contributed by atoms with E-state index >= 15 is 0 Å². The first kappa shape index (κ1) is 16.3. The maximum atomic E-state index is 12.7. The molecule has 1 aliphatic carbocycles. The lowest BCUT2D eigenvalue weighted by Gasteiger charge is -2.22. The van der Waals surface area contributed by atoms with Crippen LogP contribution in [-0.4, -0.2) is 47.9 Å². The highest BCUT2D eigenvalue weighted by Crippen LogP contribution is 2.30. The molecule has 3 rings (SSSR count). The van der Waals surface area contributed by atoms with E-state index in [1.54, 1.807) is 11.0 Å². The standard InChI is InChI=1S/C17H21F3N2O/c18-17(19,20)14-4-1-3-13(11-14)12-16(23)22-8-2-7-21(9-10-22)15-5-6-15/h1,3-4,11,15H,2,5-10,12H2. The number of hydrogen-bond acceptors (Lipinski definition) is 2. The molecular formula is C17H21F3N2O. The largest absolute Gasteiger partial charge is 0.416 e. The van der Waals surface area contributed by atoms with Gasteiger partial charge in [-0.15, -0.1) is 0 Å². The molecule has 2 fully saturated rings. The predicted octanol–water partition coefficient (Wildman–Crippen LogP) is 2.94. The Hall–Kier alpha value is -1.56. The first-order chi connectivity index (χ1) is 10.9. The highest BCUT2D eigenvalue weighted by atomic mass is 19.4. The van der Waals surface area contributed by atoms with Gasteiger partial charge in [0.05, 0.1) is 12.0 Å². The Morgan fingerprint density at radius 2 is 1.91 bits per heavy atom. The first-order valence-electron chi connectivity index (χ1n) is 8.11. The monoisotopic (exact) mass is 326 g/mol. The van der Waals surface area contributed by atoms with Gasteiger partial charge in [-0.05, 0) is 30.9 Å². The van der Waals surface area contributed by atoms with Crippen molar-refractivity contribution in [2.75, 3.05) is 26.2 Å². The summed E-state index contributed by atoms with van der Waals surface area (Å²) in [7, 11) is 0. The fourth-order valence-electron chi connectivity index (χ4n) is 3.14. The van der Waals surface area contributed by atoms with E-state index in [0.717, 1.165) is 31.6 Å². The summed E-state index contributed by atoms with van der Waals surface area (Å²) >= 11 is 0. The third-order valence-corrected chi connectivity index (χ3v) is 4.56. The van der Waals surface area contributed by atoms with Gasteiger partial charge < -0.3 is 4.90 Å². The second-order valence-corrected chi connectivity index (χ2v) is 6.38. The van der Waals surface area contributed by atoms with Crippen LogP contribution >= 0.6 is 0 Å². The molecule has 0 spiro atoms. The second-order valence-electron chi connectivity index (χ2n) is 6.38. The molecular weight excluding hydrogens is 305 g/mol. The van der Waals surface area contributed by atoms with Gasteiger partial charge in [0.25, 0.3) is 0 Å². The number of rotatable bonds is 3. The number of amides is 1. The molecule has 0 radical (unpaired) electrons. The van der Waals surface area contributed by atoms with Crippen molar-refractivity contribution in [2.45, 2.75) is 37.9 Å². The van der Waals surface area contributed by atoms with Gasteiger partial charge in [-0.25, -0.2) is 0 Å². The minimum atomic E-state index is -4.37. The summed E-state index contributed by atoms with van der Waals surface area (Å²) < 4.78 is 38.2. The van der Waals surface area contributed by atoms with Crippen molar-refractivity contribution in [3.05, 3.63) is 35.4 Å². The van der Waals surface area contributed by atoms with Crippen LogP contribution in [0.2, 0.25) is 0 Å². The molecule has 1 aliphatic heterocycles. The van der Waals surface area contributed by atoms with Crippen LogP contribution in [0.5, 0.6) is 0 Å². The van der Waals surface area contributed by atoms with Crippen molar-refractivity contribution >= 4 is 5.91 Å². The van der Waals surface area contributed by atoms with Gasteiger partial charge in [0.15, 0.2) is 0 Å². The van der Waals surface area contributed by atoms with Crippen LogP contribution in [0.3, 0.4) is 0 Å². The molecule has 0 bridgehead atoms. The number of benzene rings is 1. The van der Waals surface area contributed by atoms with Crippen LogP contribution in [0.1, 0.15) is 30.4 Å². The Balaban J connectivity index is 1.60. The average molecular weight is 326 g/mol. The van der Waals surface area contributed by atoms with Gasteiger partial charge >= 0.3 is 6.18 Å². The number of carbonyl (C=O) groups is 1. The van der Waals surface area contributed by atoms with Crippen molar-refractivity contribution in [3.63, 3.8) is 0 Å². The fraction of sp³-hybridized carbons (Fsp3) is 0.588. The maximum absolute atomic E-state index is 12.7. The van der Waals surface area contributed by atoms with Gasteiger partial charge in [-0.1, -0.05) is 18.2 Å². The summed E-state index contributed by atoms with van der Waals surface area (Å²) in [6.45, 7) is 3.26. The van der Waals surface area contributed by atoms with Gasteiger partial charge in [0.2, 0.25) is 5.91 Å². The normalized spacial score (nSPS) is 20.4. The molecule has 126 valence electrons. The highest BCUT2D eigenvalue weighted by Gasteiger charge is 2.32. The highest BCUT2D eigenvalue weighted by molar-refractivity contribution is 5.78. The van der Waals surface area contributed by atoms with Gasteiger partial charge in [0, 0.05) is 32.2 Å². The van der Waals surface area contributed by atoms with E-state index in [1.165, 1.54) is 18.9 Å². The summed E-state index contributed by atoms with van der Waals surface area (Å²) in [6, 6.07) is 5.75. The number of nitrogens with zero attached hydrogens (tertiary/aromatic N) is 2. The van der Waals surface area contributed by atoms with Crippen LogP contribution in [0.4, 0.5) is 13.2 Å².